The van der Waals surface area contributed by atoms with Crippen LogP contribution in [0.1, 0.15) is 17.9 Å². The fourth-order valence-corrected chi connectivity index (χ4v) is 4.09. The number of rotatable bonds is 6. The number of aromatic nitrogens is 1. The topological polar surface area (TPSA) is 111 Å². The van der Waals surface area contributed by atoms with Gasteiger partial charge in [0.2, 0.25) is 5.89 Å². The monoisotopic (exact) mass is 411 g/mol. The lowest BCUT2D eigenvalue weighted by Crippen LogP contribution is -2.22. The Balaban J connectivity index is 1.30. The Bertz CT molecular complexity index is 1170. The molecule has 2 aromatic carbocycles. The number of ether oxygens (including phenoxy) is 1. The van der Waals surface area contributed by atoms with Gasteiger partial charge in [-0.2, -0.15) is 0 Å². The van der Waals surface area contributed by atoms with Crippen molar-refractivity contribution in [3.05, 3.63) is 72.2 Å². The summed E-state index contributed by atoms with van der Waals surface area (Å²) in [6.45, 7) is 0.00354. The molecule has 0 saturated carbocycles. The normalized spacial score (nSPS) is 15.7. The van der Waals surface area contributed by atoms with Gasteiger partial charge in [-0.3, -0.25) is 14.5 Å². The van der Waals surface area contributed by atoms with Gasteiger partial charge in [0.25, 0.3) is 10.0 Å². The second-order valence-corrected chi connectivity index (χ2v) is 7.88. The third-order valence-electron chi connectivity index (χ3n) is 4.22. The molecular formula is C20H17N3O5S. The number of benzene rings is 2. The molecule has 0 amide bonds. The van der Waals surface area contributed by atoms with Crippen LogP contribution >= 0.6 is 0 Å². The summed E-state index contributed by atoms with van der Waals surface area (Å²) in [7, 11) is -3.59. The molecule has 8 nitrogen and oxygen atoms in total. The summed E-state index contributed by atoms with van der Waals surface area (Å²) in [4.78, 5) is 20.4. The number of oxazole rings is 1. The van der Waals surface area contributed by atoms with Crippen LogP contribution in [-0.4, -0.2) is 31.8 Å². The molecule has 2 heterocycles. The van der Waals surface area contributed by atoms with E-state index in [1.807, 2.05) is 30.3 Å². The van der Waals surface area contributed by atoms with Gasteiger partial charge < -0.3 is 9.15 Å². The quantitative estimate of drug-likeness (QED) is 0.624. The van der Waals surface area contributed by atoms with Crippen molar-refractivity contribution in [1.82, 2.24) is 9.71 Å². The van der Waals surface area contributed by atoms with Crippen molar-refractivity contribution in [2.45, 2.75) is 17.9 Å². The summed E-state index contributed by atoms with van der Waals surface area (Å²) < 4.78 is 37.2. The van der Waals surface area contributed by atoms with Crippen LogP contribution in [0, 0.1) is 0 Å². The number of nitrogens with one attached hydrogen (secondary N) is 1. The lowest BCUT2D eigenvalue weighted by molar-refractivity contribution is -0.145. The molecule has 0 spiro atoms. The largest absolute Gasteiger partial charge is 0.456 e. The van der Waals surface area contributed by atoms with Gasteiger partial charge in [0.15, 0.2) is 12.4 Å². The zero-order chi connectivity index (χ0) is 20.3. The van der Waals surface area contributed by atoms with E-state index < -0.39 is 16.0 Å². The highest BCUT2D eigenvalue weighted by Crippen LogP contribution is 2.22. The number of esters is 1. The molecule has 0 saturated heterocycles. The van der Waals surface area contributed by atoms with Crippen LogP contribution in [0.4, 0.5) is 0 Å². The van der Waals surface area contributed by atoms with E-state index in [4.69, 9.17) is 9.15 Å². The third kappa shape index (κ3) is 4.19. The van der Waals surface area contributed by atoms with Crippen molar-refractivity contribution in [1.29, 1.82) is 0 Å². The summed E-state index contributed by atoms with van der Waals surface area (Å²) in [5, 5.41) is 0. The molecule has 148 valence electrons. The number of nitrogens with zero attached hydrogens (tertiary/aromatic N) is 2. The minimum Gasteiger partial charge on any atom is -0.456 e. The first kappa shape index (κ1) is 18.9. The molecule has 0 unspecified atom stereocenters. The van der Waals surface area contributed by atoms with Gasteiger partial charge in [0.1, 0.15) is 5.84 Å². The second kappa shape index (κ2) is 7.88. The Morgan fingerprint density at radius 3 is 2.69 bits per heavy atom. The first-order chi connectivity index (χ1) is 14.0. The summed E-state index contributed by atoms with van der Waals surface area (Å²) in [5.74, 6) is 0.632. The third-order valence-corrected chi connectivity index (χ3v) is 5.61. The average molecular weight is 411 g/mol. The number of amidine groups is 1. The lowest BCUT2D eigenvalue weighted by atomic mass is 10.2. The number of hydrogen-bond acceptors (Lipinski definition) is 7. The molecule has 1 aromatic heterocycles. The minimum absolute atomic E-state index is 0.000352. The lowest BCUT2D eigenvalue weighted by Gasteiger charge is -2.02. The van der Waals surface area contributed by atoms with Crippen LogP contribution in [-0.2, 0) is 26.2 Å². The molecule has 1 N–H and O–H groups in total. The molecule has 4 rings (SSSR count). The van der Waals surface area contributed by atoms with Crippen LogP contribution in [0.3, 0.4) is 0 Å². The van der Waals surface area contributed by atoms with E-state index >= 15 is 0 Å². The van der Waals surface area contributed by atoms with Crippen molar-refractivity contribution < 1.29 is 22.4 Å². The van der Waals surface area contributed by atoms with Gasteiger partial charge in [-0.1, -0.05) is 42.5 Å². The van der Waals surface area contributed by atoms with E-state index in [1.165, 1.54) is 6.07 Å². The highest BCUT2D eigenvalue weighted by molar-refractivity contribution is 7.90. The predicted molar refractivity (Wildman–Crippen MR) is 105 cm³/mol. The minimum atomic E-state index is -3.59. The molecule has 0 fully saturated rings. The zero-order valence-corrected chi connectivity index (χ0v) is 16.1. The summed E-state index contributed by atoms with van der Waals surface area (Å²) in [5.41, 5.74) is 1.38. The van der Waals surface area contributed by atoms with Gasteiger partial charge >= 0.3 is 5.97 Å². The number of aliphatic imine (C=N–C) groups is 1. The molecule has 3 aromatic rings. The van der Waals surface area contributed by atoms with E-state index in [1.54, 1.807) is 24.4 Å². The van der Waals surface area contributed by atoms with Crippen molar-refractivity contribution >= 4 is 21.8 Å². The molecule has 1 aliphatic heterocycles. The first-order valence-electron chi connectivity index (χ1n) is 8.85. The molecule has 29 heavy (non-hydrogen) atoms. The van der Waals surface area contributed by atoms with Crippen LogP contribution in [0.15, 0.2) is 75.1 Å². The Hall–Kier alpha value is -3.46. The van der Waals surface area contributed by atoms with E-state index in [0.717, 1.165) is 5.56 Å². The predicted octanol–water partition coefficient (Wildman–Crippen LogP) is 2.51. The van der Waals surface area contributed by atoms with Crippen LogP contribution in [0.2, 0.25) is 0 Å². The number of fused-ring (bicyclic) bond motifs is 1. The Morgan fingerprint density at radius 1 is 1.10 bits per heavy atom. The number of carbonyl (C=O) groups is 1. The van der Waals surface area contributed by atoms with Gasteiger partial charge in [-0.25, -0.2) is 13.4 Å². The van der Waals surface area contributed by atoms with E-state index in [9.17, 15) is 13.2 Å². The highest BCUT2D eigenvalue weighted by atomic mass is 32.2. The van der Waals surface area contributed by atoms with Gasteiger partial charge in [-0.05, 0) is 12.1 Å². The fraction of sp³-hybridized carbons (Fsp3) is 0.150. The van der Waals surface area contributed by atoms with Crippen LogP contribution < -0.4 is 4.72 Å². The highest BCUT2D eigenvalue weighted by Gasteiger charge is 2.29. The molecule has 1 aliphatic rings. The SMILES string of the molecule is O=C(CCN=C1NS(=O)(=O)c2ccccc21)OCc1ncc(-c2ccccc2)o1. The standard InChI is InChI=1S/C20H17N3O5S/c24-19(27-13-18-22-12-16(28-18)14-6-2-1-3-7-14)10-11-21-20-15-8-4-5-9-17(15)29(25,26)23-20/h1-9,12H,10-11,13H2,(H,21,23). The Kier molecular flexibility index (Phi) is 5.13. The average Bonchev–Trinajstić information content (AvgIpc) is 3.30. The number of hydrogen-bond donors (Lipinski definition) is 1. The molecule has 9 heteroatoms. The summed E-state index contributed by atoms with van der Waals surface area (Å²) in [6.07, 6.45) is 1.58. The maximum absolute atomic E-state index is 12.0. The maximum Gasteiger partial charge on any atom is 0.308 e. The van der Waals surface area contributed by atoms with Gasteiger partial charge in [0, 0.05) is 11.1 Å². The Labute approximate surface area is 167 Å². The van der Waals surface area contributed by atoms with E-state index in [-0.39, 0.29) is 30.3 Å². The second-order valence-electron chi connectivity index (χ2n) is 6.23. The number of carbonyl (C=O) groups excluding carboxylic acids is 1. The molecular weight excluding hydrogens is 394 g/mol. The van der Waals surface area contributed by atoms with Crippen LogP contribution in [0.25, 0.3) is 11.3 Å². The molecule has 0 atom stereocenters. The smallest absolute Gasteiger partial charge is 0.308 e. The summed E-state index contributed by atoms with van der Waals surface area (Å²) >= 11 is 0. The summed E-state index contributed by atoms with van der Waals surface area (Å²) in [6, 6.07) is 16.0. The Morgan fingerprint density at radius 2 is 1.86 bits per heavy atom. The van der Waals surface area contributed by atoms with E-state index in [2.05, 4.69) is 14.7 Å². The zero-order valence-electron chi connectivity index (χ0n) is 15.2. The van der Waals surface area contributed by atoms with Crippen molar-refractivity contribution in [2.24, 2.45) is 4.99 Å². The number of sulfonamides is 1. The van der Waals surface area contributed by atoms with Crippen LogP contribution in [0.5, 0.6) is 0 Å². The fourth-order valence-electron chi connectivity index (χ4n) is 2.84. The van der Waals surface area contributed by atoms with Crippen molar-refractivity contribution in [2.75, 3.05) is 6.54 Å². The maximum atomic E-state index is 12.0. The van der Waals surface area contributed by atoms with Gasteiger partial charge in [0.05, 0.1) is 24.1 Å². The molecule has 0 aliphatic carbocycles. The van der Waals surface area contributed by atoms with E-state index in [0.29, 0.717) is 17.2 Å². The van der Waals surface area contributed by atoms with Crippen molar-refractivity contribution in [3.63, 3.8) is 0 Å². The first-order valence-corrected chi connectivity index (χ1v) is 10.3. The van der Waals surface area contributed by atoms with Gasteiger partial charge in [-0.15, -0.1) is 0 Å². The molecule has 0 radical (unpaired) electrons. The van der Waals surface area contributed by atoms with Crippen molar-refractivity contribution in [3.8, 4) is 11.3 Å². The molecule has 0 bridgehead atoms.